The Morgan fingerprint density at radius 3 is 2.29 bits per heavy atom. The molecule has 158 valence electrons. The molecule has 0 N–H and O–H groups in total. The van der Waals surface area contributed by atoms with Crippen LogP contribution >= 0.6 is 46.4 Å². The number of hydrogen-bond donors (Lipinski definition) is 0. The molecule has 0 aliphatic carbocycles. The standard InChI is InChI=1S/C23H17Cl4N3O/c24-18-10-4-8-16(21(18)26)12-28-30-20(31)14-29(13-15-6-2-1-3-7-15)23(30)17-9-5-11-19(25)22(17)27/h1-12,23H,13-14H2/b28-12-/t23-/m1/s1. The van der Waals surface area contributed by atoms with Crippen LogP contribution in [0.1, 0.15) is 22.9 Å². The lowest BCUT2D eigenvalue weighted by molar-refractivity contribution is -0.128. The molecule has 0 saturated carbocycles. The van der Waals surface area contributed by atoms with Gasteiger partial charge in [0.25, 0.3) is 5.91 Å². The summed E-state index contributed by atoms with van der Waals surface area (Å²) in [7, 11) is 0. The van der Waals surface area contributed by atoms with E-state index in [1.54, 1.807) is 24.3 Å². The van der Waals surface area contributed by atoms with E-state index in [0.717, 1.165) is 5.56 Å². The average Bonchev–Trinajstić information content (AvgIpc) is 3.06. The molecule has 0 unspecified atom stereocenters. The molecule has 3 aromatic rings. The fourth-order valence-electron chi connectivity index (χ4n) is 3.50. The maximum atomic E-state index is 13.0. The first-order valence-electron chi connectivity index (χ1n) is 9.47. The Bertz CT molecular complexity index is 1140. The van der Waals surface area contributed by atoms with Gasteiger partial charge in [-0.25, -0.2) is 5.01 Å². The molecule has 4 nitrogen and oxygen atoms in total. The van der Waals surface area contributed by atoms with Crippen molar-refractivity contribution in [2.45, 2.75) is 12.7 Å². The number of carbonyl (C=O) groups excluding carboxylic acids is 1. The minimum Gasteiger partial charge on any atom is -0.271 e. The van der Waals surface area contributed by atoms with Gasteiger partial charge >= 0.3 is 0 Å². The fraction of sp³-hybridized carbons (Fsp3) is 0.130. The molecule has 1 aliphatic rings. The fourth-order valence-corrected chi connectivity index (χ4v) is 4.27. The van der Waals surface area contributed by atoms with Crippen LogP contribution < -0.4 is 0 Å². The van der Waals surface area contributed by atoms with Gasteiger partial charge in [-0.05, 0) is 17.7 Å². The highest BCUT2D eigenvalue weighted by atomic mass is 35.5. The van der Waals surface area contributed by atoms with Crippen LogP contribution in [0.3, 0.4) is 0 Å². The zero-order chi connectivity index (χ0) is 22.0. The van der Waals surface area contributed by atoms with Crippen LogP contribution in [0, 0.1) is 0 Å². The maximum absolute atomic E-state index is 13.0. The van der Waals surface area contributed by atoms with E-state index in [1.165, 1.54) is 11.2 Å². The van der Waals surface area contributed by atoms with Crippen molar-refractivity contribution in [2.24, 2.45) is 5.10 Å². The summed E-state index contributed by atoms with van der Waals surface area (Å²) in [5, 5.41) is 7.48. The molecule has 0 bridgehead atoms. The highest BCUT2D eigenvalue weighted by Crippen LogP contribution is 2.39. The second kappa shape index (κ2) is 9.60. The van der Waals surface area contributed by atoms with Crippen molar-refractivity contribution in [1.29, 1.82) is 0 Å². The molecular weight excluding hydrogens is 476 g/mol. The molecule has 8 heteroatoms. The van der Waals surface area contributed by atoms with E-state index >= 15 is 0 Å². The summed E-state index contributed by atoms with van der Waals surface area (Å²) in [4.78, 5) is 15.0. The average molecular weight is 493 g/mol. The lowest BCUT2D eigenvalue weighted by Crippen LogP contribution is -2.29. The van der Waals surface area contributed by atoms with E-state index in [4.69, 9.17) is 46.4 Å². The summed E-state index contributed by atoms with van der Waals surface area (Å²) in [5.74, 6) is -0.161. The summed E-state index contributed by atoms with van der Waals surface area (Å²) in [5.41, 5.74) is 2.38. The first-order valence-corrected chi connectivity index (χ1v) is 11.0. The number of hydrazone groups is 1. The molecule has 1 amide bonds. The van der Waals surface area contributed by atoms with Crippen LogP contribution in [0.4, 0.5) is 0 Å². The van der Waals surface area contributed by atoms with Gasteiger partial charge in [0, 0.05) is 17.7 Å². The summed E-state index contributed by atoms with van der Waals surface area (Å²) >= 11 is 25.2. The van der Waals surface area contributed by atoms with Crippen molar-refractivity contribution in [3.8, 4) is 0 Å². The topological polar surface area (TPSA) is 35.9 Å². The molecule has 1 aliphatic heterocycles. The summed E-state index contributed by atoms with van der Waals surface area (Å²) in [6.07, 6.45) is 1.01. The summed E-state index contributed by atoms with van der Waals surface area (Å²) < 4.78 is 0. The molecule has 0 spiro atoms. The van der Waals surface area contributed by atoms with Gasteiger partial charge in [0.15, 0.2) is 0 Å². The quantitative estimate of drug-likeness (QED) is 0.372. The first-order chi connectivity index (χ1) is 15.0. The molecule has 1 fully saturated rings. The van der Waals surface area contributed by atoms with Crippen LogP contribution in [0.25, 0.3) is 0 Å². The van der Waals surface area contributed by atoms with Gasteiger partial charge in [-0.3, -0.25) is 9.69 Å². The van der Waals surface area contributed by atoms with E-state index in [-0.39, 0.29) is 12.5 Å². The van der Waals surface area contributed by atoms with Crippen LogP contribution in [0.5, 0.6) is 0 Å². The number of rotatable bonds is 5. The Morgan fingerprint density at radius 1 is 0.871 bits per heavy atom. The number of hydrogen-bond acceptors (Lipinski definition) is 3. The predicted molar refractivity (Wildman–Crippen MR) is 127 cm³/mol. The molecule has 1 atom stereocenters. The largest absolute Gasteiger partial charge is 0.271 e. The predicted octanol–water partition coefficient (Wildman–Crippen LogP) is 6.68. The van der Waals surface area contributed by atoms with Crippen molar-refractivity contribution < 1.29 is 4.79 Å². The molecule has 1 saturated heterocycles. The molecule has 1 heterocycles. The first kappa shape index (κ1) is 22.1. The molecule has 0 aromatic heterocycles. The van der Waals surface area contributed by atoms with E-state index in [0.29, 0.717) is 37.8 Å². The van der Waals surface area contributed by atoms with E-state index < -0.39 is 6.17 Å². The number of carbonyl (C=O) groups is 1. The van der Waals surface area contributed by atoms with Crippen molar-refractivity contribution in [3.63, 3.8) is 0 Å². The highest BCUT2D eigenvalue weighted by molar-refractivity contribution is 6.43. The third-order valence-corrected chi connectivity index (χ3v) is 6.63. The summed E-state index contributed by atoms with van der Waals surface area (Å²) in [6, 6.07) is 20.5. The van der Waals surface area contributed by atoms with Gasteiger partial charge in [-0.15, -0.1) is 0 Å². The van der Waals surface area contributed by atoms with E-state index in [1.807, 2.05) is 47.4 Å². The Kier molecular flexibility index (Phi) is 6.85. The lowest BCUT2D eigenvalue weighted by atomic mass is 10.1. The molecule has 0 radical (unpaired) electrons. The van der Waals surface area contributed by atoms with Crippen molar-refractivity contribution in [1.82, 2.24) is 9.91 Å². The Labute approximate surface area is 200 Å². The van der Waals surface area contributed by atoms with Crippen LogP contribution in [0.15, 0.2) is 71.8 Å². The van der Waals surface area contributed by atoms with Gasteiger partial charge in [0.05, 0.1) is 32.8 Å². The van der Waals surface area contributed by atoms with Gasteiger partial charge < -0.3 is 0 Å². The van der Waals surface area contributed by atoms with Crippen LogP contribution in [-0.4, -0.2) is 28.6 Å². The number of benzene rings is 3. The van der Waals surface area contributed by atoms with Gasteiger partial charge in [-0.1, -0.05) is 101 Å². The van der Waals surface area contributed by atoms with Gasteiger partial charge in [-0.2, -0.15) is 5.10 Å². The third kappa shape index (κ3) is 4.74. The normalized spacial score (nSPS) is 17.1. The van der Waals surface area contributed by atoms with E-state index in [9.17, 15) is 4.79 Å². The highest BCUT2D eigenvalue weighted by Gasteiger charge is 2.40. The van der Waals surface area contributed by atoms with Crippen molar-refractivity contribution in [2.75, 3.05) is 6.54 Å². The summed E-state index contributed by atoms with van der Waals surface area (Å²) in [6.45, 7) is 0.729. The number of amides is 1. The zero-order valence-electron chi connectivity index (χ0n) is 16.2. The molecular formula is C23H17Cl4N3O. The third-order valence-electron chi connectivity index (χ3n) is 4.96. The second-order valence-corrected chi connectivity index (χ2v) is 8.60. The monoisotopic (exact) mass is 491 g/mol. The molecule has 31 heavy (non-hydrogen) atoms. The Hall–Kier alpha value is -2.08. The van der Waals surface area contributed by atoms with Gasteiger partial charge in [0.2, 0.25) is 0 Å². The number of nitrogens with zero attached hydrogens (tertiary/aromatic N) is 3. The molecule has 4 rings (SSSR count). The van der Waals surface area contributed by atoms with Crippen molar-refractivity contribution in [3.05, 3.63) is 104 Å². The maximum Gasteiger partial charge on any atom is 0.258 e. The smallest absolute Gasteiger partial charge is 0.258 e. The van der Waals surface area contributed by atoms with Crippen LogP contribution in [-0.2, 0) is 11.3 Å². The Morgan fingerprint density at radius 2 is 1.55 bits per heavy atom. The Balaban J connectivity index is 1.73. The number of halogens is 4. The van der Waals surface area contributed by atoms with Gasteiger partial charge in [0.1, 0.15) is 6.17 Å². The minimum absolute atomic E-state index is 0.161. The van der Waals surface area contributed by atoms with Crippen LogP contribution in [0.2, 0.25) is 20.1 Å². The lowest BCUT2D eigenvalue weighted by Gasteiger charge is -2.28. The van der Waals surface area contributed by atoms with E-state index in [2.05, 4.69) is 5.10 Å². The second-order valence-electron chi connectivity index (χ2n) is 7.03. The zero-order valence-corrected chi connectivity index (χ0v) is 19.2. The molecule has 3 aromatic carbocycles. The minimum atomic E-state index is -0.520. The SMILES string of the molecule is O=C1CN(Cc2ccccc2)[C@@H](c2cccc(Cl)c2Cl)N1/N=C\c1cccc(Cl)c1Cl. The van der Waals surface area contributed by atoms with Crippen molar-refractivity contribution >= 4 is 58.5 Å².